The normalized spacial score (nSPS) is 16.4. The number of carbonyl (C=O) groups is 2. The number of hydrogen-bond donors (Lipinski definition) is 2. The molecular weight excluding hydrogens is 342 g/mol. The van der Waals surface area contributed by atoms with E-state index in [1.54, 1.807) is 18.6 Å². The molecule has 1 aromatic carbocycles. The lowest BCUT2D eigenvalue weighted by atomic mass is 10.1. The van der Waals surface area contributed by atoms with E-state index in [2.05, 4.69) is 32.7 Å². The Morgan fingerprint density at radius 3 is 2.89 bits per heavy atom. The zero-order valence-electron chi connectivity index (χ0n) is 14.9. The van der Waals surface area contributed by atoms with Gasteiger partial charge in [-0.25, -0.2) is 9.97 Å². The van der Waals surface area contributed by atoms with Gasteiger partial charge in [0.25, 0.3) is 5.91 Å². The predicted molar refractivity (Wildman–Crippen MR) is 101 cm³/mol. The van der Waals surface area contributed by atoms with Crippen molar-refractivity contribution in [3.63, 3.8) is 0 Å². The van der Waals surface area contributed by atoms with Crippen LogP contribution >= 0.6 is 0 Å². The molecule has 1 saturated heterocycles. The summed E-state index contributed by atoms with van der Waals surface area (Å²) in [6.45, 7) is 1.20. The van der Waals surface area contributed by atoms with Gasteiger partial charge >= 0.3 is 0 Å². The van der Waals surface area contributed by atoms with Crippen LogP contribution in [0.3, 0.4) is 0 Å². The Kier molecular flexibility index (Phi) is 4.82. The third kappa shape index (κ3) is 3.97. The van der Waals surface area contributed by atoms with E-state index >= 15 is 0 Å². The van der Waals surface area contributed by atoms with Crippen molar-refractivity contribution in [2.24, 2.45) is 0 Å². The van der Waals surface area contributed by atoms with Gasteiger partial charge < -0.3 is 15.2 Å². The second-order valence-electron chi connectivity index (χ2n) is 6.75. The molecule has 7 nitrogen and oxygen atoms in total. The van der Waals surface area contributed by atoms with E-state index in [4.69, 9.17) is 0 Å². The quantitative estimate of drug-likeness (QED) is 0.697. The molecule has 7 heteroatoms. The minimum absolute atomic E-state index is 0.00957. The summed E-state index contributed by atoms with van der Waals surface area (Å²) in [4.78, 5) is 32.4. The largest absolute Gasteiger partial charge is 0.352 e. The van der Waals surface area contributed by atoms with Crippen LogP contribution in [0.15, 0.2) is 48.9 Å². The highest BCUT2D eigenvalue weighted by atomic mass is 16.2. The van der Waals surface area contributed by atoms with Crippen LogP contribution in [-0.2, 0) is 17.8 Å². The van der Waals surface area contributed by atoms with Crippen LogP contribution in [0.1, 0.15) is 28.8 Å². The number of carbonyl (C=O) groups excluding carboxylic acids is 2. The van der Waals surface area contributed by atoms with Crippen molar-refractivity contribution in [1.29, 1.82) is 0 Å². The summed E-state index contributed by atoms with van der Waals surface area (Å²) in [6.07, 6.45) is 5.50. The molecule has 27 heavy (non-hydrogen) atoms. The Labute approximate surface area is 156 Å². The summed E-state index contributed by atoms with van der Waals surface area (Å²) in [5, 5.41) is 5.69. The van der Waals surface area contributed by atoms with Crippen molar-refractivity contribution in [1.82, 2.24) is 25.2 Å². The topological polar surface area (TPSA) is 88.9 Å². The molecule has 2 N–H and O–H groups in total. The monoisotopic (exact) mass is 363 g/mol. The summed E-state index contributed by atoms with van der Waals surface area (Å²) in [6, 6.07) is 12.0. The number of aromatic nitrogens is 3. The summed E-state index contributed by atoms with van der Waals surface area (Å²) in [5.41, 5.74) is 3.20. The fourth-order valence-electron chi connectivity index (χ4n) is 3.28. The summed E-state index contributed by atoms with van der Waals surface area (Å²) >= 11 is 0. The highest BCUT2D eigenvalue weighted by Gasteiger charge is 2.21. The van der Waals surface area contributed by atoms with E-state index in [0.29, 0.717) is 24.0 Å². The van der Waals surface area contributed by atoms with Crippen LogP contribution in [0.4, 0.5) is 0 Å². The Balaban J connectivity index is 1.40. The van der Waals surface area contributed by atoms with Crippen LogP contribution in [0.2, 0.25) is 0 Å². The molecule has 0 spiro atoms. The second kappa shape index (κ2) is 7.57. The van der Waals surface area contributed by atoms with E-state index < -0.39 is 0 Å². The van der Waals surface area contributed by atoms with E-state index in [9.17, 15) is 9.59 Å². The Bertz CT molecular complexity index is 967. The molecule has 1 fully saturated rings. The van der Waals surface area contributed by atoms with Gasteiger partial charge in [0.2, 0.25) is 5.91 Å². The smallest absolute Gasteiger partial charge is 0.252 e. The van der Waals surface area contributed by atoms with Gasteiger partial charge in [-0.05, 0) is 24.5 Å². The van der Waals surface area contributed by atoms with Gasteiger partial charge in [-0.3, -0.25) is 9.59 Å². The average molecular weight is 363 g/mol. The van der Waals surface area contributed by atoms with Crippen molar-refractivity contribution in [2.45, 2.75) is 31.8 Å². The number of benzene rings is 1. The molecule has 0 saturated carbocycles. The number of amides is 2. The highest BCUT2D eigenvalue weighted by Crippen LogP contribution is 2.13. The average Bonchev–Trinajstić information content (AvgIpc) is 3.30. The zero-order chi connectivity index (χ0) is 18.6. The molecule has 1 atom stereocenters. The third-order valence-corrected chi connectivity index (χ3v) is 4.80. The molecule has 0 bridgehead atoms. The summed E-state index contributed by atoms with van der Waals surface area (Å²) < 4.78 is 2.00. The fraction of sp³-hybridized carbons (Fsp3) is 0.300. The fourth-order valence-corrected chi connectivity index (χ4v) is 3.28. The van der Waals surface area contributed by atoms with Gasteiger partial charge in [0, 0.05) is 31.7 Å². The number of pyridine rings is 1. The van der Waals surface area contributed by atoms with Gasteiger partial charge in [-0.2, -0.15) is 0 Å². The van der Waals surface area contributed by atoms with Gasteiger partial charge in [0.15, 0.2) is 5.65 Å². The number of nitrogens with zero attached hydrogens (tertiary/aromatic N) is 3. The number of nitrogens with one attached hydrogen (secondary N) is 2. The molecule has 0 aliphatic carbocycles. The van der Waals surface area contributed by atoms with Gasteiger partial charge in [-0.15, -0.1) is 0 Å². The molecule has 2 aromatic heterocycles. The maximum atomic E-state index is 12.3. The number of rotatable bonds is 6. The molecule has 2 amide bonds. The molecule has 4 rings (SSSR count). The lowest BCUT2D eigenvalue weighted by Gasteiger charge is -2.11. The van der Waals surface area contributed by atoms with E-state index in [1.165, 1.54) is 5.56 Å². The highest BCUT2D eigenvalue weighted by molar-refractivity contribution is 5.96. The van der Waals surface area contributed by atoms with Gasteiger partial charge in [0.05, 0.1) is 11.9 Å². The van der Waals surface area contributed by atoms with Crippen LogP contribution in [0, 0.1) is 0 Å². The van der Waals surface area contributed by atoms with E-state index in [1.807, 2.05) is 22.8 Å². The second-order valence-corrected chi connectivity index (χ2v) is 6.75. The minimum atomic E-state index is -0.204. The lowest BCUT2D eigenvalue weighted by Crippen LogP contribution is -2.38. The summed E-state index contributed by atoms with van der Waals surface area (Å²) in [5.74, 6) is -0.164. The molecule has 3 aromatic rings. The maximum Gasteiger partial charge on any atom is 0.252 e. The number of fused-ring (bicyclic) bond motifs is 1. The number of hydrogen-bond acceptors (Lipinski definition) is 4. The molecule has 3 heterocycles. The standard InChI is InChI=1S/C20H21N5O2/c26-18-7-6-16(24-18)12-22-20(27)15-10-17-19(21-11-15)25(13-23-17)9-8-14-4-2-1-3-5-14/h1-5,10-11,13,16H,6-9,12H2,(H,22,27)(H,24,26). The number of imidazole rings is 1. The van der Waals surface area contributed by atoms with Crippen molar-refractivity contribution in [3.05, 3.63) is 60.0 Å². The maximum absolute atomic E-state index is 12.3. The van der Waals surface area contributed by atoms with Crippen LogP contribution in [0.5, 0.6) is 0 Å². The van der Waals surface area contributed by atoms with E-state index in [0.717, 1.165) is 25.0 Å². The zero-order valence-corrected chi connectivity index (χ0v) is 14.9. The Morgan fingerprint density at radius 2 is 2.11 bits per heavy atom. The lowest BCUT2D eigenvalue weighted by molar-refractivity contribution is -0.119. The van der Waals surface area contributed by atoms with Crippen molar-refractivity contribution < 1.29 is 9.59 Å². The molecule has 0 radical (unpaired) electrons. The first kappa shape index (κ1) is 17.2. The van der Waals surface area contributed by atoms with Crippen molar-refractivity contribution in [2.75, 3.05) is 6.54 Å². The predicted octanol–water partition coefficient (Wildman–Crippen LogP) is 1.68. The number of aryl methyl sites for hydroxylation is 2. The minimum Gasteiger partial charge on any atom is -0.352 e. The first-order valence-corrected chi connectivity index (χ1v) is 9.11. The first-order valence-electron chi connectivity index (χ1n) is 9.11. The third-order valence-electron chi connectivity index (χ3n) is 4.80. The Morgan fingerprint density at radius 1 is 1.26 bits per heavy atom. The van der Waals surface area contributed by atoms with Crippen molar-refractivity contribution >= 4 is 23.0 Å². The molecular formula is C20H21N5O2. The Hall–Kier alpha value is -3.22. The van der Waals surface area contributed by atoms with Crippen LogP contribution in [0.25, 0.3) is 11.2 Å². The molecule has 138 valence electrons. The molecule has 1 aliphatic rings. The molecule has 1 aliphatic heterocycles. The van der Waals surface area contributed by atoms with Gasteiger partial charge in [-0.1, -0.05) is 30.3 Å². The summed E-state index contributed by atoms with van der Waals surface area (Å²) in [7, 11) is 0. The van der Waals surface area contributed by atoms with Crippen molar-refractivity contribution in [3.8, 4) is 0 Å². The first-order chi connectivity index (χ1) is 13.2. The van der Waals surface area contributed by atoms with Crippen LogP contribution < -0.4 is 10.6 Å². The van der Waals surface area contributed by atoms with Crippen LogP contribution in [-0.4, -0.2) is 38.9 Å². The molecule has 1 unspecified atom stereocenters. The SMILES string of the molecule is O=C1CCC(CNC(=O)c2cnc3c(c2)ncn3CCc2ccccc2)N1. The van der Waals surface area contributed by atoms with Gasteiger partial charge in [0.1, 0.15) is 5.52 Å². The van der Waals surface area contributed by atoms with E-state index in [-0.39, 0.29) is 17.9 Å².